The molecule has 4 nitrogen and oxygen atoms in total. The van der Waals surface area contributed by atoms with Gasteiger partial charge >= 0.3 is 0 Å². The van der Waals surface area contributed by atoms with E-state index >= 15 is 0 Å². The molecule has 0 saturated heterocycles. The van der Waals surface area contributed by atoms with Gasteiger partial charge in [0.1, 0.15) is 6.61 Å². The molecule has 1 aromatic heterocycles. The van der Waals surface area contributed by atoms with Gasteiger partial charge in [-0.25, -0.2) is 0 Å². The number of hydrogen-bond donors (Lipinski definition) is 1. The highest BCUT2D eigenvalue weighted by Gasteiger charge is 2.18. The molecule has 0 amide bonds. The van der Waals surface area contributed by atoms with Gasteiger partial charge in [-0.3, -0.25) is 4.79 Å². The van der Waals surface area contributed by atoms with Crippen molar-refractivity contribution >= 4 is 5.78 Å². The summed E-state index contributed by atoms with van der Waals surface area (Å²) in [7, 11) is 0. The van der Waals surface area contributed by atoms with Gasteiger partial charge < -0.3 is 10.3 Å². The minimum Gasteiger partial charge on any atom is -0.618 e. The smallest absolute Gasteiger partial charge is 0.254 e. The van der Waals surface area contributed by atoms with Crippen molar-refractivity contribution in [2.45, 2.75) is 13.5 Å². The number of aliphatic hydroxyl groups excluding tert-OH is 1. The molecule has 5 heteroatoms. The van der Waals surface area contributed by atoms with Gasteiger partial charge in [-0.05, 0) is 6.92 Å². The maximum atomic E-state index is 13.2. The van der Waals surface area contributed by atoms with Crippen LogP contribution in [0.5, 0.6) is 0 Å². The fourth-order valence-electron chi connectivity index (χ4n) is 0.969. The summed E-state index contributed by atoms with van der Waals surface area (Å²) in [5.74, 6) is -1.43. The summed E-state index contributed by atoms with van der Waals surface area (Å²) in [6, 6.07) is 1.09. The molecule has 1 aromatic rings. The van der Waals surface area contributed by atoms with Crippen LogP contribution in [0.15, 0.2) is 12.3 Å². The van der Waals surface area contributed by atoms with Crippen LogP contribution in [0.3, 0.4) is 0 Å². The van der Waals surface area contributed by atoms with Crippen LogP contribution in [-0.2, 0) is 6.61 Å². The third kappa shape index (κ3) is 1.65. The Morgan fingerprint density at radius 1 is 1.77 bits per heavy atom. The minimum absolute atomic E-state index is 0.184. The van der Waals surface area contributed by atoms with E-state index in [1.807, 2.05) is 0 Å². The Hall–Kier alpha value is -1.49. The Kier molecular flexibility index (Phi) is 2.57. The predicted octanol–water partition coefficient (Wildman–Crippen LogP) is 0.154. The molecule has 0 fully saturated rings. The highest BCUT2D eigenvalue weighted by molar-refractivity contribution is 5.94. The van der Waals surface area contributed by atoms with Crippen LogP contribution in [0.25, 0.3) is 0 Å². The van der Waals surface area contributed by atoms with Gasteiger partial charge in [0.15, 0.2) is 12.0 Å². The van der Waals surface area contributed by atoms with E-state index in [2.05, 4.69) is 0 Å². The van der Waals surface area contributed by atoms with Crippen LogP contribution in [-0.4, -0.2) is 10.9 Å². The second-order valence-corrected chi connectivity index (χ2v) is 2.53. The van der Waals surface area contributed by atoms with Crippen LogP contribution >= 0.6 is 0 Å². The largest absolute Gasteiger partial charge is 0.618 e. The summed E-state index contributed by atoms with van der Waals surface area (Å²) in [6.45, 7) is 0.463. The first-order chi connectivity index (χ1) is 6.07. The predicted molar refractivity (Wildman–Crippen MR) is 41.3 cm³/mol. The molecule has 0 bridgehead atoms. The Balaban J connectivity index is 3.35. The van der Waals surface area contributed by atoms with E-state index in [4.69, 9.17) is 5.11 Å². The molecule has 0 aliphatic heterocycles. The maximum absolute atomic E-state index is 13.2. The molecule has 0 atom stereocenters. The number of rotatable bonds is 2. The second kappa shape index (κ2) is 3.49. The van der Waals surface area contributed by atoms with Gasteiger partial charge in [0.05, 0.1) is 5.56 Å². The number of ketones is 1. The number of Topliss-reactive ketones (excluding diaryl/α,β-unsaturated/α-hetero) is 1. The summed E-state index contributed by atoms with van der Waals surface area (Å²) in [4.78, 5) is 10.8. The summed E-state index contributed by atoms with van der Waals surface area (Å²) < 4.78 is 13.4. The number of carbonyl (C=O) groups is 1. The molecule has 1 rings (SSSR count). The first-order valence-electron chi connectivity index (χ1n) is 3.60. The molecule has 1 N–H and O–H groups in total. The van der Waals surface area contributed by atoms with Crippen LogP contribution in [0, 0.1) is 11.0 Å². The van der Waals surface area contributed by atoms with Gasteiger partial charge in [0.2, 0.25) is 5.82 Å². The average molecular weight is 185 g/mol. The highest BCUT2D eigenvalue weighted by Crippen LogP contribution is 2.09. The number of aromatic nitrogens is 1. The number of pyridine rings is 1. The van der Waals surface area contributed by atoms with Gasteiger partial charge in [0.25, 0.3) is 5.69 Å². The lowest BCUT2D eigenvalue weighted by Gasteiger charge is -2.04. The molecule has 0 unspecified atom stereocenters. The fraction of sp³-hybridized carbons (Fsp3) is 0.250. The fourth-order valence-corrected chi connectivity index (χ4v) is 0.969. The normalized spacial score (nSPS) is 10.1. The van der Waals surface area contributed by atoms with E-state index in [1.54, 1.807) is 0 Å². The Bertz CT molecular complexity index is 351. The Morgan fingerprint density at radius 3 is 2.85 bits per heavy atom. The summed E-state index contributed by atoms with van der Waals surface area (Å²) in [5.41, 5.74) is -0.621. The zero-order chi connectivity index (χ0) is 10.0. The molecule has 13 heavy (non-hydrogen) atoms. The average Bonchev–Trinajstić information content (AvgIpc) is 2.04. The lowest BCUT2D eigenvalue weighted by Crippen LogP contribution is -2.33. The monoisotopic (exact) mass is 185 g/mol. The van der Waals surface area contributed by atoms with Gasteiger partial charge in [-0.2, -0.15) is 9.12 Å². The van der Waals surface area contributed by atoms with Crippen molar-refractivity contribution in [3.05, 3.63) is 34.5 Å². The number of nitrogens with zero attached hydrogens (tertiary/aromatic N) is 1. The highest BCUT2D eigenvalue weighted by atomic mass is 19.1. The van der Waals surface area contributed by atoms with E-state index in [1.165, 1.54) is 6.92 Å². The Labute approximate surface area is 73.8 Å². The van der Waals surface area contributed by atoms with E-state index < -0.39 is 23.9 Å². The number of carbonyl (C=O) groups excluding carboxylic acids is 1. The van der Waals surface area contributed by atoms with Crippen molar-refractivity contribution in [1.29, 1.82) is 0 Å². The van der Waals surface area contributed by atoms with Crippen LogP contribution in [0.4, 0.5) is 4.39 Å². The Morgan fingerprint density at radius 2 is 2.38 bits per heavy atom. The number of halogens is 1. The lowest BCUT2D eigenvalue weighted by molar-refractivity contribution is -0.618. The van der Waals surface area contributed by atoms with E-state index in [-0.39, 0.29) is 10.3 Å². The van der Waals surface area contributed by atoms with Crippen molar-refractivity contribution in [3.8, 4) is 0 Å². The molecule has 0 radical (unpaired) electrons. The van der Waals surface area contributed by atoms with Gasteiger partial charge in [-0.1, -0.05) is 0 Å². The zero-order valence-corrected chi connectivity index (χ0v) is 6.95. The minimum atomic E-state index is -0.951. The number of hydrogen-bond acceptors (Lipinski definition) is 3. The summed E-state index contributed by atoms with van der Waals surface area (Å²) >= 11 is 0. The van der Waals surface area contributed by atoms with Crippen LogP contribution in [0.2, 0.25) is 0 Å². The lowest BCUT2D eigenvalue weighted by atomic mass is 10.1. The van der Waals surface area contributed by atoms with Crippen LogP contribution in [0.1, 0.15) is 23.0 Å². The standard InChI is InChI=1S/C8H8FNO3/c1-5(12)6-2-3-10(13)7(4-11)8(6)9/h2-3,11H,4H2,1H3. The van der Waals surface area contributed by atoms with E-state index in [0.717, 1.165) is 12.3 Å². The van der Waals surface area contributed by atoms with Crippen molar-refractivity contribution < 1.29 is 19.0 Å². The molecule has 0 saturated carbocycles. The topological polar surface area (TPSA) is 64.2 Å². The van der Waals surface area contributed by atoms with Crippen molar-refractivity contribution in [2.24, 2.45) is 0 Å². The van der Waals surface area contributed by atoms with E-state index in [9.17, 15) is 14.4 Å². The maximum Gasteiger partial charge on any atom is 0.254 e. The molecule has 0 aliphatic carbocycles. The summed E-state index contributed by atoms with van der Waals surface area (Å²) in [5, 5.41) is 19.5. The quantitative estimate of drug-likeness (QED) is 0.405. The van der Waals surface area contributed by atoms with Crippen LogP contribution < -0.4 is 4.73 Å². The molecular formula is C8H8FNO3. The SMILES string of the molecule is CC(=O)c1cc[n+]([O-])c(CO)c1F. The van der Waals surface area contributed by atoms with E-state index in [0.29, 0.717) is 0 Å². The second-order valence-electron chi connectivity index (χ2n) is 2.53. The van der Waals surface area contributed by atoms with Crippen molar-refractivity contribution in [2.75, 3.05) is 0 Å². The van der Waals surface area contributed by atoms with Crippen molar-refractivity contribution in [3.63, 3.8) is 0 Å². The van der Waals surface area contributed by atoms with Crippen molar-refractivity contribution in [1.82, 2.24) is 0 Å². The third-order valence-electron chi connectivity index (χ3n) is 1.66. The van der Waals surface area contributed by atoms with Gasteiger partial charge in [-0.15, -0.1) is 0 Å². The molecule has 1 heterocycles. The molecule has 0 aliphatic rings. The summed E-state index contributed by atoms with van der Waals surface area (Å²) in [6.07, 6.45) is 0.991. The molecule has 0 spiro atoms. The molecule has 70 valence electrons. The first kappa shape index (κ1) is 9.60. The van der Waals surface area contributed by atoms with Gasteiger partial charge in [0, 0.05) is 6.07 Å². The molecule has 0 aromatic carbocycles. The number of aliphatic hydroxyl groups is 1. The zero-order valence-electron chi connectivity index (χ0n) is 6.95. The third-order valence-corrected chi connectivity index (χ3v) is 1.66. The first-order valence-corrected chi connectivity index (χ1v) is 3.60. The molecular weight excluding hydrogens is 177 g/mol.